The molecule has 2 amide bonds. The number of nitrogens with one attached hydrogen (secondary N) is 2. The summed E-state index contributed by atoms with van der Waals surface area (Å²) in [5.41, 5.74) is 1.53. The molecule has 0 aliphatic carbocycles. The monoisotopic (exact) mass is 705 g/mol. The smallest absolute Gasteiger partial charge is 0.255 e. The van der Waals surface area contributed by atoms with Crippen LogP contribution in [0.25, 0.3) is 33.4 Å². The average molecular weight is 704 g/mol. The second-order valence-electron chi connectivity index (χ2n) is 16.2. The van der Waals surface area contributed by atoms with Crippen LogP contribution in [0.5, 0.6) is 0 Å². The lowest BCUT2D eigenvalue weighted by Crippen LogP contribution is -2.71. The van der Waals surface area contributed by atoms with Crippen molar-refractivity contribution in [3.05, 3.63) is 77.6 Å². The van der Waals surface area contributed by atoms with Crippen LogP contribution in [-0.4, -0.2) is 123 Å². The lowest BCUT2D eigenvalue weighted by Gasteiger charge is -2.63. The molecule has 0 spiro atoms. The Balaban J connectivity index is 2.03. The Morgan fingerprint density at radius 1 is 0.843 bits per heavy atom. The summed E-state index contributed by atoms with van der Waals surface area (Å²) in [6.45, 7) is -0.903. The van der Waals surface area contributed by atoms with Crippen molar-refractivity contribution in [2.24, 2.45) is 0 Å². The number of halogens is 2. The summed E-state index contributed by atoms with van der Waals surface area (Å²) < 4.78 is 61.2. The molecule has 1 aromatic heterocycles. The highest BCUT2D eigenvalue weighted by Crippen LogP contribution is 2.53. The molecule has 0 saturated carbocycles. The maximum atomic E-state index is 14.3. The van der Waals surface area contributed by atoms with Crippen molar-refractivity contribution in [3.63, 3.8) is 0 Å². The molecule has 8 nitrogen and oxygen atoms in total. The van der Waals surface area contributed by atoms with E-state index >= 15 is 0 Å². The third-order valence-corrected chi connectivity index (χ3v) is 10.8. The van der Waals surface area contributed by atoms with E-state index in [4.69, 9.17) is 4.42 Å². The maximum absolute atomic E-state index is 14.3. The maximum Gasteiger partial charge on any atom is 0.255 e. The van der Waals surface area contributed by atoms with Crippen molar-refractivity contribution in [2.75, 3.05) is 30.8 Å². The number of hydrogen-bond acceptors (Lipinski definition) is 5. The van der Waals surface area contributed by atoms with Crippen LogP contribution >= 0.6 is 0 Å². The van der Waals surface area contributed by atoms with Gasteiger partial charge >= 0.3 is 0 Å². The zero-order valence-electron chi connectivity index (χ0n) is 31.5. The largest absolute Gasteiger partial charge is 0.455 e. The van der Waals surface area contributed by atoms with E-state index < -0.39 is 34.0 Å². The molecule has 2 N–H and O–H groups in total. The fraction of sp³-hybridized carbons (Fsp3) is 0.290. The number of alkyl halides is 1. The molecule has 0 saturated heterocycles. The summed E-state index contributed by atoms with van der Waals surface area (Å²) in [5, 5.41) is 5.37. The highest BCUT2D eigenvalue weighted by molar-refractivity contribution is 7.92. The van der Waals surface area contributed by atoms with E-state index in [9.17, 15) is 26.8 Å². The third-order valence-electron chi connectivity index (χ3n) is 9.64. The van der Waals surface area contributed by atoms with Crippen molar-refractivity contribution in [2.45, 2.75) is 27.3 Å². The van der Waals surface area contributed by atoms with Gasteiger partial charge in [-0.3, -0.25) is 18.3 Å². The second-order valence-corrected chi connectivity index (χ2v) is 18.1. The van der Waals surface area contributed by atoms with E-state index in [2.05, 4.69) is 81.3 Å². The first-order chi connectivity index (χ1) is 23.5. The van der Waals surface area contributed by atoms with Gasteiger partial charge in [-0.15, -0.1) is 0 Å². The van der Waals surface area contributed by atoms with Crippen LogP contribution < -0.4 is 14.9 Å². The molecule has 0 fully saturated rings. The average Bonchev–Trinajstić information content (AvgIpc) is 3.39. The molecule has 0 bridgehead atoms. The summed E-state index contributed by atoms with van der Waals surface area (Å²) >= 11 is 0. The van der Waals surface area contributed by atoms with Gasteiger partial charge in [0.15, 0.2) is 0 Å². The Morgan fingerprint density at radius 3 is 1.94 bits per heavy atom. The Hall–Kier alpha value is -3.67. The second kappa shape index (κ2) is 14.4. The molecule has 1 heterocycles. The number of carbonyl (C=O) groups excluding carboxylic acids is 2. The number of furan rings is 1. The van der Waals surface area contributed by atoms with Gasteiger partial charge in [-0.2, -0.15) is 0 Å². The lowest BCUT2D eigenvalue weighted by atomic mass is 9.12. The minimum absolute atomic E-state index is 0.0655. The molecule has 3 aromatic carbocycles. The summed E-state index contributed by atoms with van der Waals surface area (Å²) in [5.74, 6) is -1.07. The first-order valence-electron chi connectivity index (χ1n) is 17.0. The van der Waals surface area contributed by atoms with Crippen LogP contribution in [0.1, 0.15) is 27.1 Å². The third kappa shape index (κ3) is 7.76. The summed E-state index contributed by atoms with van der Waals surface area (Å²) in [4.78, 5) is 27.7. The van der Waals surface area contributed by atoms with Crippen LogP contribution in [0.3, 0.4) is 0 Å². The molecule has 0 atom stereocenters. The van der Waals surface area contributed by atoms with Gasteiger partial charge in [-0.1, -0.05) is 27.5 Å². The standard InChI is InChI=1S/C31H42B9F2N3O5S/c1-43-27(47)24-21-14-20(17-5-3-6-18(13-17)26(46)44-28(29(32,33)34,30(35,36)37)31(38,39)40)22(45(12-4-11-41)51(2,48)49)15-23(21)50-25(24)16-7-9-19(42)10-8-16/h3,5-10,13-15H,4,11-12,32-40H2,1-2H3,(H,43,47)(H,44,46). The SMILES string of the molecule is BC(B)(B)C(NC(=O)c1cccc(-c2cc3c(C(=O)NC)c(-c4ccc(F)cc4)oc3cc2N(CCCF)S(C)(=O)=O)c1)(C(B)(B)B)C(B)(B)B. The minimum Gasteiger partial charge on any atom is -0.455 e. The van der Waals surface area contributed by atoms with Gasteiger partial charge in [-0.05, 0) is 60.0 Å². The van der Waals surface area contributed by atoms with Gasteiger partial charge in [0.25, 0.3) is 11.8 Å². The fourth-order valence-corrected chi connectivity index (χ4v) is 9.37. The number of benzene rings is 3. The zero-order chi connectivity index (χ0) is 38.3. The van der Waals surface area contributed by atoms with E-state index in [-0.39, 0.29) is 56.8 Å². The molecular weight excluding hydrogens is 662 g/mol. The van der Waals surface area contributed by atoms with Gasteiger partial charge in [0, 0.05) is 41.7 Å². The predicted octanol–water partition coefficient (Wildman–Crippen LogP) is -3.22. The van der Waals surface area contributed by atoms with E-state index in [1.54, 1.807) is 30.3 Å². The number of hydrogen-bond donors (Lipinski definition) is 2. The van der Waals surface area contributed by atoms with Crippen LogP contribution in [0, 0.1) is 5.82 Å². The number of nitrogens with zero attached hydrogens (tertiary/aromatic N) is 1. The molecule has 0 unspecified atom stereocenters. The van der Waals surface area contributed by atoms with Crippen molar-refractivity contribution in [1.82, 2.24) is 10.6 Å². The molecule has 0 aliphatic rings. The van der Waals surface area contributed by atoms with Crippen molar-refractivity contribution < 1.29 is 31.2 Å². The van der Waals surface area contributed by atoms with Gasteiger partial charge in [0.2, 0.25) is 10.0 Å². The van der Waals surface area contributed by atoms with Crippen molar-refractivity contribution in [3.8, 4) is 22.5 Å². The molecule has 20 heteroatoms. The lowest BCUT2D eigenvalue weighted by molar-refractivity contribution is 0.0895. The molecule has 258 valence electrons. The van der Waals surface area contributed by atoms with Gasteiger partial charge in [0.05, 0.1) is 94.8 Å². The number of rotatable bonds is 13. The molecule has 51 heavy (non-hydrogen) atoms. The summed E-state index contributed by atoms with van der Waals surface area (Å²) in [7, 11) is 16.6. The van der Waals surface area contributed by atoms with E-state index in [1.165, 1.54) is 37.4 Å². The number of anilines is 1. The topological polar surface area (TPSA) is 109 Å². The van der Waals surface area contributed by atoms with Gasteiger partial charge in [0.1, 0.15) is 17.2 Å². The van der Waals surface area contributed by atoms with E-state index in [0.29, 0.717) is 27.6 Å². The zero-order valence-corrected chi connectivity index (χ0v) is 32.4. The van der Waals surface area contributed by atoms with Crippen LogP contribution in [0.4, 0.5) is 14.5 Å². The Kier molecular flexibility index (Phi) is 11.3. The summed E-state index contributed by atoms with van der Waals surface area (Å²) in [6.07, 6.45) is 0.972. The Labute approximate surface area is 308 Å². The van der Waals surface area contributed by atoms with Crippen molar-refractivity contribution >= 4 is 109 Å². The number of sulfonamides is 1. The fourth-order valence-electron chi connectivity index (χ4n) is 8.40. The minimum atomic E-state index is -3.95. The molecule has 4 rings (SSSR count). The number of amides is 2. The first-order valence-corrected chi connectivity index (χ1v) is 18.9. The van der Waals surface area contributed by atoms with Crippen LogP contribution in [0.2, 0.25) is 15.3 Å². The predicted molar refractivity (Wildman–Crippen MR) is 228 cm³/mol. The summed E-state index contributed by atoms with van der Waals surface area (Å²) in [6, 6.07) is 15.5. The molecular formula is C31H42B9F2N3O5S. The number of carbonyl (C=O) groups is 2. The normalized spacial score (nSPS) is 12.8. The molecule has 0 radical (unpaired) electrons. The number of fused-ring (bicyclic) bond motifs is 1. The quantitative estimate of drug-likeness (QED) is 0.143. The first kappa shape index (κ1) is 40.1. The van der Waals surface area contributed by atoms with Gasteiger partial charge in [-0.25, -0.2) is 12.8 Å². The molecule has 0 aliphatic heterocycles. The molecule has 4 aromatic rings. The van der Waals surface area contributed by atoms with Crippen LogP contribution in [-0.2, 0) is 10.0 Å². The highest BCUT2D eigenvalue weighted by atomic mass is 32.2. The van der Waals surface area contributed by atoms with Crippen molar-refractivity contribution in [1.29, 1.82) is 0 Å². The Morgan fingerprint density at radius 2 is 1.43 bits per heavy atom. The van der Waals surface area contributed by atoms with Gasteiger partial charge < -0.3 is 15.1 Å². The van der Waals surface area contributed by atoms with Crippen LogP contribution in [0.15, 0.2) is 65.1 Å². The van der Waals surface area contributed by atoms with E-state index in [1.807, 2.05) is 0 Å². The van der Waals surface area contributed by atoms with E-state index in [0.717, 1.165) is 10.6 Å². The highest BCUT2D eigenvalue weighted by Gasteiger charge is 2.56. The Bertz CT molecular complexity index is 2030.